The molecule has 0 rings (SSSR count). The summed E-state index contributed by atoms with van der Waals surface area (Å²) < 4.78 is 0. The molecule has 9 heavy (non-hydrogen) atoms. The molecule has 0 aliphatic carbocycles. The van der Waals surface area contributed by atoms with E-state index < -0.39 is 0 Å². The minimum absolute atomic E-state index is 0.203. The molecule has 54 valence electrons. The lowest BCUT2D eigenvalue weighted by atomic mass is 9.85. The van der Waals surface area contributed by atoms with Crippen molar-refractivity contribution in [2.24, 2.45) is 5.41 Å². The number of aliphatic hydroxyl groups excluding tert-OH is 1. The van der Waals surface area contributed by atoms with Gasteiger partial charge < -0.3 is 5.11 Å². The number of aliphatic hydroxyl groups is 1. The van der Waals surface area contributed by atoms with E-state index in [2.05, 4.69) is 20.8 Å². The van der Waals surface area contributed by atoms with E-state index in [0.717, 1.165) is 19.1 Å². The van der Waals surface area contributed by atoms with Gasteiger partial charge in [-0.2, -0.15) is 0 Å². The van der Waals surface area contributed by atoms with E-state index in [4.69, 9.17) is 5.11 Å². The highest BCUT2D eigenvalue weighted by molar-refractivity contribution is 4.91. The molecule has 0 atom stereocenters. The molecular formula is C8H16O. The van der Waals surface area contributed by atoms with Gasteiger partial charge >= 0.3 is 0 Å². The average Bonchev–Trinajstić information content (AvgIpc) is 1.89. The first-order valence-corrected chi connectivity index (χ1v) is 3.50. The first-order valence-electron chi connectivity index (χ1n) is 3.50. The van der Waals surface area contributed by atoms with Crippen molar-refractivity contribution >= 4 is 0 Å². The molecular weight excluding hydrogens is 112 g/mol. The molecule has 0 heterocycles. The Bertz CT molecular complexity index is 90.7. The van der Waals surface area contributed by atoms with Crippen LogP contribution in [0.4, 0.5) is 0 Å². The zero-order chi connectivity index (χ0) is 7.33. The Labute approximate surface area is 57.4 Å². The third kappa shape index (κ3) is 2.54. The molecule has 0 saturated carbocycles. The molecule has 0 aliphatic rings. The van der Waals surface area contributed by atoms with Crippen molar-refractivity contribution in [1.82, 2.24) is 0 Å². The molecule has 0 bridgehead atoms. The summed E-state index contributed by atoms with van der Waals surface area (Å²) in [5.74, 6) is 0. The summed E-state index contributed by atoms with van der Waals surface area (Å²) >= 11 is 0. The fourth-order valence-corrected chi connectivity index (χ4v) is 0.666. The van der Waals surface area contributed by atoms with Crippen molar-refractivity contribution in [2.75, 3.05) is 0 Å². The average molecular weight is 128 g/mol. The summed E-state index contributed by atoms with van der Waals surface area (Å²) in [7, 11) is 0. The van der Waals surface area contributed by atoms with Crippen molar-refractivity contribution < 1.29 is 5.11 Å². The van der Waals surface area contributed by atoms with Crippen LogP contribution < -0.4 is 0 Å². The van der Waals surface area contributed by atoms with Crippen molar-refractivity contribution in [2.45, 2.75) is 33.6 Å². The maximum atomic E-state index is 8.48. The van der Waals surface area contributed by atoms with Crippen LogP contribution in [-0.2, 0) is 0 Å². The zero-order valence-corrected chi connectivity index (χ0v) is 6.52. The normalized spacial score (nSPS) is 12.8. The lowest BCUT2D eigenvalue weighted by Crippen LogP contribution is -2.08. The van der Waals surface area contributed by atoms with Crippen LogP contribution in [0.2, 0.25) is 0 Å². The van der Waals surface area contributed by atoms with Crippen molar-refractivity contribution in [3.8, 4) is 0 Å². The largest absolute Gasteiger partial charge is 0.516 e. The highest BCUT2D eigenvalue weighted by atomic mass is 16.2. The SMILES string of the molecule is CCC(C)(C=CO)CC. The van der Waals surface area contributed by atoms with E-state index in [-0.39, 0.29) is 5.41 Å². The number of hydrogen-bond acceptors (Lipinski definition) is 1. The van der Waals surface area contributed by atoms with Crippen LogP contribution in [0, 0.1) is 5.41 Å². The van der Waals surface area contributed by atoms with Gasteiger partial charge in [0.1, 0.15) is 0 Å². The van der Waals surface area contributed by atoms with Crippen molar-refractivity contribution in [3.05, 3.63) is 12.3 Å². The molecule has 0 radical (unpaired) electrons. The van der Waals surface area contributed by atoms with Crippen LogP contribution in [0.15, 0.2) is 12.3 Å². The minimum atomic E-state index is 0.203. The van der Waals surface area contributed by atoms with E-state index >= 15 is 0 Å². The van der Waals surface area contributed by atoms with E-state index in [0.29, 0.717) is 0 Å². The van der Waals surface area contributed by atoms with E-state index in [1.807, 2.05) is 6.08 Å². The molecule has 0 unspecified atom stereocenters. The van der Waals surface area contributed by atoms with Gasteiger partial charge in [-0.15, -0.1) is 0 Å². The second kappa shape index (κ2) is 3.54. The molecule has 0 fully saturated rings. The first-order chi connectivity index (χ1) is 4.18. The minimum Gasteiger partial charge on any atom is -0.516 e. The molecule has 0 amide bonds. The van der Waals surface area contributed by atoms with Crippen LogP contribution in [0.3, 0.4) is 0 Å². The Morgan fingerprint density at radius 3 is 1.89 bits per heavy atom. The lowest BCUT2D eigenvalue weighted by molar-refractivity contribution is 0.375. The van der Waals surface area contributed by atoms with Gasteiger partial charge in [0, 0.05) is 0 Å². The van der Waals surface area contributed by atoms with Gasteiger partial charge in [0.05, 0.1) is 6.26 Å². The summed E-state index contributed by atoms with van der Waals surface area (Å²) in [6.07, 6.45) is 5.17. The van der Waals surface area contributed by atoms with Gasteiger partial charge in [-0.05, 0) is 24.3 Å². The predicted molar refractivity (Wildman–Crippen MR) is 40.5 cm³/mol. The summed E-state index contributed by atoms with van der Waals surface area (Å²) in [5, 5.41) is 8.48. The van der Waals surface area contributed by atoms with Crippen LogP contribution >= 0.6 is 0 Å². The molecule has 0 aliphatic heterocycles. The van der Waals surface area contributed by atoms with Gasteiger partial charge in [-0.25, -0.2) is 0 Å². The van der Waals surface area contributed by atoms with Gasteiger partial charge in [0.2, 0.25) is 0 Å². The second-order valence-electron chi connectivity index (χ2n) is 2.68. The van der Waals surface area contributed by atoms with Crippen molar-refractivity contribution in [1.29, 1.82) is 0 Å². The molecule has 1 heteroatoms. The standard InChI is InChI=1S/C8H16O/c1-4-8(3,5-2)6-7-9/h6-7,9H,4-5H2,1-3H3. The third-order valence-electron chi connectivity index (χ3n) is 2.09. The number of hydrogen-bond donors (Lipinski definition) is 1. The van der Waals surface area contributed by atoms with E-state index in [1.54, 1.807) is 0 Å². The monoisotopic (exact) mass is 128 g/mol. The Balaban J connectivity index is 3.92. The van der Waals surface area contributed by atoms with Crippen LogP contribution in [0.5, 0.6) is 0 Å². The van der Waals surface area contributed by atoms with E-state index in [9.17, 15) is 0 Å². The lowest BCUT2D eigenvalue weighted by Gasteiger charge is -2.20. The molecule has 0 saturated heterocycles. The quantitative estimate of drug-likeness (QED) is 0.579. The molecule has 1 nitrogen and oxygen atoms in total. The second-order valence-corrected chi connectivity index (χ2v) is 2.68. The predicted octanol–water partition coefficient (Wildman–Crippen LogP) is 2.88. The van der Waals surface area contributed by atoms with Gasteiger partial charge in [0.25, 0.3) is 0 Å². The Kier molecular flexibility index (Phi) is 3.36. The Hall–Kier alpha value is -0.460. The summed E-state index contributed by atoms with van der Waals surface area (Å²) in [4.78, 5) is 0. The molecule has 0 aromatic rings. The zero-order valence-electron chi connectivity index (χ0n) is 6.52. The molecule has 0 aromatic heterocycles. The molecule has 0 aromatic carbocycles. The fraction of sp³-hybridized carbons (Fsp3) is 0.750. The van der Waals surface area contributed by atoms with Crippen LogP contribution in [0.25, 0.3) is 0 Å². The van der Waals surface area contributed by atoms with Gasteiger partial charge in [-0.1, -0.05) is 20.8 Å². The topological polar surface area (TPSA) is 20.2 Å². The van der Waals surface area contributed by atoms with Gasteiger partial charge in [0.15, 0.2) is 0 Å². The van der Waals surface area contributed by atoms with Gasteiger partial charge in [-0.3, -0.25) is 0 Å². The molecule has 0 spiro atoms. The Morgan fingerprint density at radius 1 is 1.33 bits per heavy atom. The summed E-state index contributed by atoms with van der Waals surface area (Å²) in [6, 6.07) is 0. The highest BCUT2D eigenvalue weighted by Gasteiger charge is 2.14. The van der Waals surface area contributed by atoms with Crippen molar-refractivity contribution in [3.63, 3.8) is 0 Å². The molecule has 1 N–H and O–H groups in total. The maximum Gasteiger partial charge on any atom is 0.0757 e. The highest BCUT2D eigenvalue weighted by Crippen LogP contribution is 2.26. The first kappa shape index (κ1) is 8.54. The van der Waals surface area contributed by atoms with E-state index in [1.165, 1.54) is 0 Å². The summed E-state index contributed by atoms with van der Waals surface area (Å²) in [6.45, 7) is 6.40. The maximum absolute atomic E-state index is 8.48. The fourth-order valence-electron chi connectivity index (χ4n) is 0.666. The number of allylic oxidation sites excluding steroid dienone is 1. The summed E-state index contributed by atoms with van der Waals surface area (Å²) in [5.41, 5.74) is 0.203. The van der Waals surface area contributed by atoms with Crippen LogP contribution in [-0.4, -0.2) is 5.11 Å². The number of rotatable bonds is 3. The Morgan fingerprint density at radius 2 is 1.78 bits per heavy atom. The van der Waals surface area contributed by atoms with Crippen LogP contribution in [0.1, 0.15) is 33.6 Å². The smallest absolute Gasteiger partial charge is 0.0757 e. The third-order valence-corrected chi connectivity index (χ3v) is 2.09.